The first-order valence-electron chi connectivity index (χ1n) is 8.65. The van der Waals surface area contributed by atoms with E-state index in [9.17, 15) is 19.3 Å². The topological polar surface area (TPSA) is 90.1 Å². The summed E-state index contributed by atoms with van der Waals surface area (Å²) in [6.07, 6.45) is 1.64. The van der Waals surface area contributed by atoms with Crippen LogP contribution >= 0.6 is 0 Å². The van der Waals surface area contributed by atoms with Crippen LogP contribution in [-0.2, 0) is 0 Å². The van der Waals surface area contributed by atoms with Crippen molar-refractivity contribution in [2.45, 2.75) is 26.8 Å². The zero-order valence-electron chi connectivity index (χ0n) is 15.6. The second kappa shape index (κ2) is 7.59. The van der Waals surface area contributed by atoms with Crippen LogP contribution in [0.25, 0.3) is 5.69 Å². The second-order valence-electron chi connectivity index (χ2n) is 6.48. The van der Waals surface area contributed by atoms with Gasteiger partial charge in [-0.05, 0) is 51.1 Å². The number of rotatable bonds is 5. The van der Waals surface area contributed by atoms with E-state index in [2.05, 4.69) is 10.4 Å². The highest BCUT2D eigenvalue weighted by molar-refractivity contribution is 5.96. The molecular formula is C20H19FN4O3. The summed E-state index contributed by atoms with van der Waals surface area (Å²) in [4.78, 5) is 23.2. The van der Waals surface area contributed by atoms with Crippen molar-refractivity contribution in [1.29, 1.82) is 0 Å². The minimum Gasteiger partial charge on any atom is -0.345 e. The summed E-state index contributed by atoms with van der Waals surface area (Å²) in [5, 5.41) is 18.3. The van der Waals surface area contributed by atoms with Crippen LogP contribution in [-0.4, -0.2) is 20.6 Å². The number of nitro benzene ring substituents is 1. The lowest BCUT2D eigenvalue weighted by atomic mass is 10.0. The third-order valence-corrected chi connectivity index (χ3v) is 4.68. The van der Waals surface area contributed by atoms with Gasteiger partial charge in [-0.3, -0.25) is 14.9 Å². The van der Waals surface area contributed by atoms with Crippen molar-refractivity contribution in [3.05, 3.63) is 87.0 Å². The Morgan fingerprint density at radius 1 is 1.21 bits per heavy atom. The molecule has 0 radical (unpaired) electrons. The highest BCUT2D eigenvalue weighted by atomic mass is 19.1. The average Bonchev–Trinajstić information content (AvgIpc) is 3.03. The zero-order chi connectivity index (χ0) is 20.4. The Morgan fingerprint density at radius 2 is 1.89 bits per heavy atom. The Bertz CT molecular complexity index is 1040. The molecule has 8 heteroatoms. The van der Waals surface area contributed by atoms with E-state index in [-0.39, 0.29) is 23.1 Å². The van der Waals surface area contributed by atoms with Crippen LogP contribution < -0.4 is 5.32 Å². The van der Waals surface area contributed by atoms with Crippen molar-refractivity contribution in [3.63, 3.8) is 0 Å². The van der Waals surface area contributed by atoms with E-state index in [0.29, 0.717) is 11.3 Å². The molecule has 1 aromatic heterocycles. The number of nitro groups is 1. The Hall–Kier alpha value is -3.55. The zero-order valence-corrected chi connectivity index (χ0v) is 15.6. The van der Waals surface area contributed by atoms with Crippen molar-refractivity contribution < 1.29 is 14.1 Å². The number of benzene rings is 2. The van der Waals surface area contributed by atoms with Gasteiger partial charge in [0, 0.05) is 28.5 Å². The van der Waals surface area contributed by atoms with Gasteiger partial charge in [0.25, 0.3) is 11.6 Å². The molecule has 1 amide bonds. The van der Waals surface area contributed by atoms with Crippen molar-refractivity contribution in [2.24, 2.45) is 0 Å². The smallest absolute Gasteiger partial charge is 0.273 e. The Labute approximate surface area is 161 Å². The number of hydrogen-bond donors (Lipinski definition) is 1. The number of nitrogens with one attached hydrogen (secondary N) is 1. The van der Waals surface area contributed by atoms with Gasteiger partial charge in [-0.2, -0.15) is 5.10 Å². The summed E-state index contributed by atoms with van der Waals surface area (Å²) in [5.41, 5.74) is 2.77. The Balaban J connectivity index is 1.83. The predicted octanol–water partition coefficient (Wildman–Crippen LogP) is 4.03. The molecule has 7 nitrogen and oxygen atoms in total. The predicted molar refractivity (Wildman–Crippen MR) is 102 cm³/mol. The molecule has 0 saturated carbocycles. The Morgan fingerprint density at radius 3 is 2.54 bits per heavy atom. The van der Waals surface area contributed by atoms with Crippen molar-refractivity contribution in [3.8, 4) is 5.69 Å². The first-order chi connectivity index (χ1) is 13.3. The molecule has 0 saturated heterocycles. The third kappa shape index (κ3) is 3.62. The van der Waals surface area contributed by atoms with Crippen LogP contribution in [0, 0.1) is 29.8 Å². The monoisotopic (exact) mass is 382 g/mol. The van der Waals surface area contributed by atoms with Gasteiger partial charge < -0.3 is 5.32 Å². The van der Waals surface area contributed by atoms with E-state index in [1.54, 1.807) is 36.0 Å². The fourth-order valence-corrected chi connectivity index (χ4v) is 3.11. The van der Waals surface area contributed by atoms with E-state index >= 15 is 0 Å². The van der Waals surface area contributed by atoms with Gasteiger partial charge >= 0.3 is 0 Å². The van der Waals surface area contributed by atoms with Gasteiger partial charge in [-0.15, -0.1) is 0 Å². The molecule has 0 aliphatic carbocycles. The fourth-order valence-electron chi connectivity index (χ4n) is 3.11. The first-order valence-corrected chi connectivity index (χ1v) is 8.65. The molecule has 1 heterocycles. The normalized spacial score (nSPS) is 11.9. The van der Waals surface area contributed by atoms with Gasteiger partial charge in [-0.25, -0.2) is 9.07 Å². The average molecular weight is 382 g/mol. The van der Waals surface area contributed by atoms with Crippen molar-refractivity contribution in [2.75, 3.05) is 0 Å². The largest absolute Gasteiger partial charge is 0.345 e. The number of nitrogens with zero attached hydrogens (tertiary/aromatic N) is 3. The molecule has 0 bridgehead atoms. The summed E-state index contributed by atoms with van der Waals surface area (Å²) in [7, 11) is 0. The Kier molecular flexibility index (Phi) is 5.21. The molecule has 2 aromatic carbocycles. The quantitative estimate of drug-likeness (QED) is 0.533. The summed E-state index contributed by atoms with van der Waals surface area (Å²) >= 11 is 0. The van der Waals surface area contributed by atoms with Crippen LogP contribution in [0.5, 0.6) is 0 Å². The molecule has 0 fully saturated rings. The summed E-state index contributed by atoms with van der Waals surface area (Å²) < 4.78 is 14.8. The van der Waals surface area contributed by atoms with Crippen LogP contribution in [0.3, 0.4) is 0 Å². The fraction of sp³-hybridized carbons (Fsp3) is 0.200. The molecule has 0 aliphatic heterocycles. The van der Waals surface area contributed by atoms with Crippen molar-refractivity contribution in [1.82, 2.24) is 15.1 Å². The van der Waals surface area contributed by atoms with E-state index in [1.165, 1.54) is 24.3 Å². The van der Waals surface area contributed by atoms with E-state index in [4.69, 9.17) is 0 Å². The molecule has 3 aromatic rings. The van der Waals surface area contributed by atoms with E-state index < -0.39 is 10.8 Å². The number of carbonyl (C=O) groups is 1. The molecule has 3 rings (SSSR count). The number of hydrogen-bond acceptors (Lipinski definition) is 4. The van der Waals surface area contributed by atoms with Crippen LogP contribution in [0.1, 0.15) is 40.1 Å². The molecule has 0 spiro atoms. The maximum atomic E-state index is 13.1. The lowest BCUT2D eigenvalue weighted by Gasteiger charge is -2.15. The first kappa shape index (κ1) is 19.2. The summed E-state index contributed by atoms with van der Waals surface area (Å²) in [6, 6.07) is 9.98. The van der Waals surface area contributed by atoms with Crippen LogP contribution in [0.4, 0.5) is 10.1 Å². The summed E-state index contributed by atoms with van der Waals surface area (Å²) in [5.74, 6) is -0.732. The lowest BCUT2D eigenvalue weighted by Crippen LogP contribution is -2.27. The van der Waals surface area contributed by atoms with Gasteiger partial charge in [0.15, 0.2) is 0 Å². The van der Waals surface area contributed by atoms with Gasteiger partial charge in [0.2, 0.25) is 0 Å². The second-order valence-corrected chi connectivity index (χ2v) is 6.48. The minimum absolute atomic E-state index is 0.0967. The standard InChI is InChI=1S/C20H19FN4O3/c1-12-17(5-4-6-19(12)25(27)28)20(26)23-13(2)18-11-22-24(14(18)3)16-9-7-15(21)8-10-16/h4-11,13H,1-3H3,(H,23,26). The highest BCUT2D eigenvalue weighted by Gasteiger charge is 2.21. The third-order valence-electron chi connectivity index (χ3n) is 4.68. The molecular weight excluding hydrogens is 363 g/mol. The van der Waals surface area contributed by atoms with Gasteiger partial charge in [-0.1, -0.05) is 6.07 Å². The number of carbonyl (C=O) groups excluding carboxylic acids is 1. The van der Waals surface area contributed by atoms with E-state index in [0.717, 1.165) is 11.3 Å². The molecule has 1 unspecified atom stereocenters. The molecule has 0 aliphatic rings. The lowest BCUT2D eigenvalue weighted by molar-refractivity contribution is -0.385. The highest BCUT2D eigenvalue weighted by Crippen LogP contribution is 2.24. The molecule has 1 N–H and O–H groups in total. The number of halogens is 1. The van der Waals surface area contributed by atoms with E-state index in [1.807, 2.05) is 13.8 Å². The molecule has 28 heavy (non-hydrogen) atoms. The van der Waals surface area contributed by atoms with Crippen molar-refractivity contribution >= 4 is 11.6 Å². The minimum atomic E-state index is -0.508. The molecule has 144 valence electrons. The van der Waals surface area contributed by atoms with Crippen LogP contribution in [0.2, 0.25) is 0 Å². The SMILES string of the molecule is Cc1c(C(=O)NC(C)c2cnn(-c3ccc(F)cc3)c2C)cccc1[N+](=O)[O-]. The number of aromatic nitrogens is 2. The van der Waals surface area contributed by atoms with Gasteiger partial charge in [0.05, 0.1) is 22.8 Å². The van der Waals surface area contributed by atoms with Gasteiger partial charge in [0.1, 0.15) is 5.82 Å². The molecule has 1 atom stereocenters. The summed E-state index contributed by atoms with van der Waals surface area (Å²) in [6.45, 7) is 5.21. The van der Waals surface area contributed by atoms with Crippen LogP contribution in [0.15, 0.2) is 48.7 Å². The maximum absolute atomic E-state index is 13.1. The maximum Gasteiger partial charge on any atom is 0.273 e. The number of amides is 1.